The van der Waals surface area contributed by atoms with Gasteiger partial charge in [-0.05, 0) is 37.6 Å². The molecule has 1 aromatic heterocycles. The van der Waals surface area contributed by atoms with Crippen LogP contribution in [0.1, 0.15) is 42.6 Å². The summed E-state index contributed by atoms with van der Waals surface area (Å²) in [5.41, 5.74) is 1.27. The number of nitrogens with zero attached hydrogens (tertiary/aromatic N) is 2. The summed E-state index contributed by atoms with van der Waals surface area (Å²) in [5.74, 6) is 0.795. The fourth-order valence-corrected chi connectivity index (χ4v) is 1.86. The fraction of sp³-hybridized carbons (Fsp3) is 0.375. The summed E-state index contributed by atoms with van der Waals surface area (Å²) in [6.07, 6.45) is 5.53. The Bertz CT molecular complexity index is 558. The summed E-state index contributed by atoms with van der Waals surface area (Å²) in [7, 11) is 0. The van der Waals surface area contributed by atoms with Crippen molar-refractivity contribution in [3.05, 3.63) is 47.8 Å². The second-order valence-corrected chi connectivity index (χ2v) is 4.64. The van der Waals surface area contributed by atoms with Crippen LogP contribution in [0.25, 0.3) is 0 Å². The van der Waals surface area contributed by atoms with Gasteiger partial charge in [0.2, 0.25) is 0 Å². The Kier molecular flexibility index (Phi) is 4.93. The van der Waals surface area contributed by atoms with Gasteiger partial charge in [0, 0.05) is 18.3 Å². The van der Waals surface area contributed by atoms with Gasteiger partial charge >= 0.3 is 0 Å². The first-order chi connectivity index (χ1) is 9.74. The van der Waals surface area contributed by atoms with E-state index in [0.717, 1.165) is 25.1 Å². The molecule has 1 heterocycles. The third kappa shape index (κ3) is 3.47. The maximum absolute atomic E-state index is 12.3. The number of ketones is 1. The summed E-state index contributed by atoms with van der Waals surface area (Å²) < 4.78 is 7.33. The Morgan fingerprint density at radius 2 is 1.95 bits per heavy atom. The Morgan fingerprint density at radius 1 is 1.20 bits per heavy atom. The fourth-order valence-electron chi connectivity index (χ4n) is 1.86. The first-order valence-electron chi connectivity index (χ1n) is 7.04. The summed E-state index contributed by atoms with van der Waals surface area (Å²) in [6.45, 7) is 5.59. The zero-order valence-corrected chi connectivity index (χ0v) is 12.0. The maximum Gasteiger partial charge on any atom is 0.196 e. The largest absolute Gasteiger partial charge is 0.494 e. The zero-order chi connectivity index (χ0) is 14.4. The first-order valence-corrected chi connectivity index (χ1v) is 7.04. The van der Waals surface area contributed by atoms with Crippen molar-refractivity contribution < 1.29 is 9.53 Å². The van der Waals surface area contributed by atoms with E-state index in [4.69, 9.17) is 4.74 Å². The molecule has 2 aromatic rings. The Morgan fingerprint density at radius 3 is 2.55 bits per heavy atom. The SMILES string of the molecule is CCCCOc1ccc(C(=O)c2cnn(CC)c2)cc1. The van der Waals surface area contributed by atoms with E-state index in [1.165, 1.54) is 0 Å². The molecule has 0 fully saturated rings. The minimum atomic E-state index is -0.00944. The molecule has 0 radical (unpaired) electrons. The highest BCUT2D eigenvalue weighted by molar-refractivity contribution is 6.08. The van der Waals surface area contributed by atoms with Gasteiger partial charge in [0.05, 0.1) is 18.4 Å². The maximum atomic E-state index is 12.3. The van der Waals surface area contributed by atoms with E-state index in [1.807, 2.05) is 19.1 Å². The molecule has 20 heavy (non-hydrogen) atoms. The molecule has 0 atom stereocenters. The van der Waals surface area contributed by atoms with Gasteiger partial charge in [-0.2, -0.15) is 5.10 Å². The van der Waals surface area contributed by atoms with Crippen molar-refractivity contribution >= 4 is 5.78 Å². The minimum absolute atomic E-state index is 0.00944. The Labute approximate surface area is 119 Å². The monoisotopic (exact) mass is 272 g/mol. The molecular weight excluding hydrogens is 252 g/mol. The van der Waals surface area contributed by atoms with Crippen LogP contribution in [0.15, 0.2) is 36.7 Å². The number of hydrogen-bond acceptors (Lipinski definition) is 3. The van der Waals surface area contributed by atoms with Crippen LogP contribution in [0.4, 0.5) is 0 Å². The van der Waals surface area contributed by atoms with Gasteiger partial charge in [0.1, 0.15) is 5.75 Å². The molecular formula is C16H20N2O2. The molecule has 0 unspecified atom stereocenters. The van der Waals surface area contributed by atoms with E-state index in [-0.39, 0.29) is 5.78 Å². The molecule has 0 aliphatic rings. The van der Waals surface area contributed by atoms with Crippen LogP contribution in [0, 0.1) is 0 Å². The number of aromatic nitrogens is 2. The first kappa shape index (κ1) is 14.3. The van der Waals surface area contributed by atoms with Crippen LogP contribution < -0.4 is 4.74 Å². The molecule has 0 saturated carbocycles. The lowest BCUT2D eigenvalue weighted by Gasteiger charge is -2.05. The van der Waals surface area contributed by atoms with Crippen LogP contribution in [0.5, 0.6) is 5.75 Å². The molecule has 0 aliphatic heterocycles. The van der Waals surface area contributed by atoms with Gasteiger partial charge in [-0.3, -0.25) is 9.48 Å². The molecule has 106 valence electrons. The molecule has 0 N–H and O–H groups in total. The number of unbranched alkanes of at least 4 members (excludes halogenated alkanes) is 1. The quantitative estimate of drug-likeness (QED) is 0.573. The van der Waals surface area contributed by atoms with Crippen molar-refractivity contribution in [3.63, 3.8) is 0 Å². The number of benzene rings is 1. The summed E-state index contributed by atoms with van der Waals surface area (Å²) >= 11 is 0. The van der Waals surface area contributed by atoms with Gasteiger partial charge in [-0.15, -0.1) is 0 Å². The Balaban J connectivity index is 2.03. The van der Waals surface area contributed by atoms with Gasteiger partial charge in [0.25, 0.3) is 0 Å². The molecule has 4 heteroatoms. The van der Waals surface area contributed by atoms with Crippen LogP contribution in [-0.2, 0) is 6.54 Å². The normalized spacial score (nSPS) is 10.5. The van der Waals surface area contributed by atoms with Gasteiger partial charge in [0.15, 0.2) is 5.78 Å². The summed E-state index contributed by atoms with van der Waals surface area (Å²) in [5, 5.41) is 4.12. The number of carbonyl (C=O) groups excluding carboxylic acids is 1. The van der Waals surface area contributed by atoms with Crippen molar-refractivity contribution in [2.75, 3.05) is 6.61 Å². The lowest BCUT2D eigenvalue weighted by atomic mass is 10.1. The number of aryl methyl sites for hydroxylation is 1. The van der Waals surface area contributed by atoms with Gasteiger partial charge < -0.3 is 4.74 Å². The van der Waals surface area contributed by atoms with E-state index >= 15 is 0 Å². The number of carbonyl (C=O) groups is 1. The van der Waals surface area contributed by atoms with Crippen molar-refractivity contribution in [2.24, 2.45) is 0 Å². The highest BCUT2D eigenvalue weighted by Crippen LogP contribution is 2.15. The summed E-state index contributed by atoms with van der Waals surface area (Å²) in [6, 6.07) is 7.28. The highest BCUT2D eigenvalue weighted by Gasteiger charge is 2.11. The van der Waals surface area contributed by atoms with Crippen LogP contribution in [0.2, 0.25) is 0 Å². The third-order valence-corrected chi connectivity index (χ3v) is 3.10. The molecule has 0 spiro atoms. The van der Waals surface area contributed by atoms with E-state index in [9.17, 15) is 4.79 Å². The van der Waals surface area contributed by atoms with Gasteiger partial charge in [-0.25, -0.2) is 0 Å². The van der Waals surface area contributed by atoms with Crippen molar-refractivity contribution in [1.29, 1.82) is 0 Å². The van der Waals surface area contributed by atoms with Gasteiger partial charge in [-0.1, -0.05) is 13.3 Å². The highest BCUT2D eigenvalue weighted by atomic mass is 16.5. The lowest BCUT2D eigenvalue weighted by Crippen LogP contribution is -2.01. The predicted molar refractivity (Wildman–Crippen MR) is 78.2 cm³/mol. The topological polar surface area (TPSA) is 44.1 Å². The predicted octanol–water partition coefficient (Wildman–Crippen LogP) is 3.31. The van der Waals surface area contributed by atoms with E-state index < -0.39 is 0 Å². The second-order valence-electron chi connectivity index (χ2n) is 4.64. The van der Waals surface area contributed by atoms with E-state index in [1.54, 1.807) is 29.2 Å². The molecule has 0 amide bonds. The smallest absolute Gasteiger partial charge is 0.196 e. The van der Waals surface area contributed by atoms with Crippen LogP contribution >= 0.6 is 0 Å². The molecule has 1 aromatic carbocycles. The molecule has 2 rings (SSSR count). The van der Waals surface area contributed by atoms with Crippen LogP contribution in [-0.4, -0.2) is 22.2 Å². The molecule has 4 nitrogen and oxygen atoms in total. The molecule has 0 aliphatic carbocycles. The van der Waals surface area contributed by atoms with Crippen molar-refractivity contribution in [2.45, 2.75) is 33.2 Å². The van der Waals surface area contributed by atoms with E-state index in [2.05, 4.69) is 12.0 Å². The lowest BCUT2D eigenvalue weighted by molar-refractivity contribution is 0.103. The Hall–Kier alpha value is -2.10. The average Bonchev–Trinajstić information content (AvgIpc) is 2.96. The molecule has 0 saturated heterocycles. The number of hydrogen-bond donors (Lipinski definition) is 0. The van der Waals surface area contributed by atoms with Crippen molar-refractivity contribution in [3.8, 4) is 5.75 Å². The van der Waals surface area contributed by atoms with Crippen LogP contribution in [0.3, 0.4) is 0 Å². The third-order valence-electron chi connectivity index (χ3n) is 3.10. The van der Waals surface area contributed by atoms with E-state index in [0.29, 0.717) is 17.7 Å². The number of rotatable bonds is 7. The average molecular weight is 272 g/mol. The molecule has 0 bridgehead atoms. The zero-order valence-electron chi connectivity index (χ0n) is 12.0. The summed E-state index contributed by atoms with van der Waals surface area (Å²) in [4.78, 5) is 12.3. The minimum Gasteiger partial charge on any atom is -0.494 e. The standard InChI is InChI=1S/C16H20N2O2/c1-3-5-10-20-15-8-6-13(7-9-15)16(19)14-11-17-18(4-2)12-14/h6-9,11-12H,3-5,10H2,1-2H3. The second kappa shape index (κ2) is 6.89. The number of ether oxygens (including phenoxy) is 1. The van der Waals surface area contributed by atoms with Crippen molar-refractivity contribution in [1.82, 2.24) is 9.78 Å².